The molecule has 2 heteroatoms. The fourth-order valence-electron chi connectivity index (χ4n) is 2.95. The highest BCUT2D eigenvalue weighted by atomic mass is 35.5. The molecule has 0 saturated heterocycles. The Hall–Kier alpha value is -0.0400. The van der Waals surface area contributed by atoms with Crippen molar-refractivity contribution in [2.24, 2.45) is 17.3 Å². The maximum atomic E-state index is 11.2. The highest BCUT2D eigenvalue weighted by Gasteiger charge is 2.54. The lowest BCUT2D eigenvalue weighted by Crippen LogP contribution is -2.28. The molecule has 2 rings (SSSR count). The van der Waals surface area contributed by atoms with E-state index in [0.29, 0.717) is 11.8 Å². The summed E-state index contributed by atoms with van der Waals surface area (Å²) in [6.07, 6.45) is 4.89. The van der Waals surface area contributed by atoms with Crippen molar-refractivity contribution in [3.05, 3.63) is 0 Å². The molecule has 0 atom stereocenters. The van der Waals surface area contributed by atoms with Gasteiger partial charge in [-0.15, -0.1) is 0 Å². The maximum Gasteiger partial charge on any atom is 0.228 e. The zero-order valence-electron chi connectivity index (χ0n) is 6.77. The van der Waals surface area contributed by atoms with Crippen LogP contribution in [0.2, 0.25) is 0 Å². The van der Waals surface area contributed by atoms with Crippen LogP contribution in [0.4, 0.5) is 0 Å². The normalized spacial score (nSPS) is 48.2. The molecule has 2 aliphatic rings. The van der Waals surface area contributed by atoms with Gasteiger partial charge >= 0.3 is 0 Å². The molecule has 0 aromatic heterocycles. The summed E-state index contributed by atoms with van der Waals surface area (Å²) in [5.41, 5.74) is -0.151. The summed E-state index contributed by atoms with van der Waals surface area (Å²) in [6.45, 7) is 2.05. The van der Waals surface area contributed by atoms with Gasteiger partial charge in [0.05, 0.1) is 0 Å². The van der Waals surface area contributed by atoms with Gasteiger partial charge in [0.25, 0.3) is 0 Å². The fraction of sp³-hybridized carbons (Fsp3) is 0.889. The van der Waals surface area contributed by atoms with E-state index in [0.717, 1.165) is 0 Å². The second-order valence-corrected chi connectivity index (χ2v) is 4.45. The van der Waals surface area contributed by atoms with Crippen LogP contribution in [0.15, 0.2) is 0 Å². The van der Waals surface area contributed by atoms with E-state index in [2.05, 4.69) is 6.92 Å². The third-order valence-corrected chi connectivity index (χ3v) is 4.25. The van der Waals surface area contributed by atoms with Crippen molar-refractivity contribution in [3.8, 4) is 0 Å². The predicted octanol–water partition coefficient (Wildman–Crippen LogP) is 2.58. The zero-order valence-corrected chi connectivity index (χ0v) is 7.53. The Morgan fingerprint density at radius 2 is 1.64 bits per heavy atom. The van der Waals surface area contributed by atoms with Gasteiger partial charge in [-0.1, -0.05) is 6.92 Å². The summed E-state index contributed by atoms with van der Waals surface area (Å²) in [5, 5.41) is -0.0949. The first-order valence-corrected chi connectivity index (χ1v) is 4.73. The van der Waals surface area contributed by atoms with Gasteiger partial charge in [0.15, 0.2) is 0 Å². The first kappa shape index (κ1) is 7.60. The van der Waals surface area contributed by atoms with Crippen molar-refractivity contribution in [3.63, 3.8) is 0 Å². The number of fused-ring (bicyclic) bond motifs is 2. The number of carbonyl (C=O) groups excluding carboxylic acids is 1. The molecule has 0 aromatic rings. The molecule has 0 aromatic carbocycles. The van der Waals surface area contributed by atoms with Gasteiger partial charge in [-0.05, 0) is 49.1 Å². The minimum Gasteiger partial charge on any atom is -0.281 e. The molecule has 1 nitrogen and oxygen atoms in total. The summed E-state index contributed by atoms with van der Waals surface area (Å²) >= 11 is 5.62. The molecule has 0 aliphatic heterocycles. The van der Waals surface area contributed by atoms with Gasteiger partial charge in [-0.3, -0.25) is 4.79 Å². The van der Waals surface area contributed by atoms with Crippen LogP contribution in [0.5, 0.6) is 0 Å². The van der Waals surface area contributed by atoms with Crippen LogP contribution in [0, 0.1) is 17.3 Å². The third-order valence-electron chi connectivity index (χ3n) is 3.85. The minimum absolute atomic E-state index is 0.0949. The van der Waals surface area contributed by atoms with Crippen molar-refractivity contribution in [2.45, 2.75) is 32.6 Å². The molecular formula is C9H13ClO. The lowest BCUT2D eigenvalue weighted by atomic mass is 9.81. The predicted molar refractivity (Wildman–Crippen MR) is 44.4 cm³/mol. The Bertz CT molecular complexity index is 180. The lowest BCUT2D eigenvalue weighted by molar-refractivity contribution is -0.121. The van der Waals surface area contributed by atoms with Crippen LogP contribution in [0.3, 0.4) is 0 Å². The second-order valence-electron chi connectivity index (χ2n) is 4.10. The summed E-state index contributed by atoms with van der Waals surface area (Å²) in [5.74, 6) is 1.19. The summed E-state index contributed by atoms with van der Waals surface area (Å²) in [6, 6.07) is 0. The topological polar surface area (TPSA) is 17.1 Å². The first-order valence-electron chi connectivity index (χ1n) is 4.35. The molecule has 2 bridgehead atoms. The van der Waals surface area contributed by atoms with Gasteiger partial charge in [-0.25, -0.2) is 0 Å². The molecule has 0 N–H and O–H groups in total. The summed E-state index contributed by atoms with van der Waals surface area (Å²) in [7, 11) is 0. The SMILES string of the molecule is CC1(C(=O)Cl)C2CCC1CC2. The molecule has 2 aliphatic carbocycles. The van der Waals surface area contributed by atoms with Gasteiger partial charge in [0, 0.05) is 5.41 Å². The molecule has 0 heterocycles. The van der Waals surface area contributed by atoms with E-state index in [9.17, 15) is 4.79 Å². The largest absolute Gasteiger partial charge is 0.281 e. The number of hydrogen-bond acceptors (Lipinski definition) is 1. The van der Waals surface area contributed by atoms with Crippen LogP contribution in [-0.2, 0) is 4.79 Å². The summed E-state index contributed by atoms with van der Waals surface area (Å²) in [4.78, 5) is 11.2. The van der Waals surface area contributed by atoms with Gasteiger partial charge < -0.3 is 0 Å². The second kappa shape index (κ2) is 2.22. The van der Waals surface area contributed by atoms with Gasteiger partial charge in [-0.2, -0.15) is 0 Å². The van der Waals surface area contributed by atoms with E-state index >= 15 is 0 Å². The quantitative estimate of drug-likeness (QED) is 0.556. The van der Waals surface area contributed by atoms with E-state index in [1.165, 1.54) is 25.7 Å². The molecule has 0 unspecified atom stereocenters. The molecule has 0 amide bonds. The number of hydrogen-bond donors (Lipinski definition) is 0. The monoisotopic (exact) mass is 172 g/mol. The smallest absolute Gasteiger partial charge is 0.228 e. The van der Waals surface area contributed by atoms with E-state index in [1.54, 1.807) is 0 Å². The molecule has 62 valence electrons. The van der Waals surface area contributed by atoms with Crippen LogP contribution in [0.1, 0.15) is 32.6 Å². The summed E-state index contributed by atoms with van der Waals surface area (Å²) < 4.78 is 0. The fourth-order valence-corrected chi connectivity index (χ4v) is 3.26. The average molecular weight is 173 g/mol. The van der Waals surface area contributed by atoms with Crippen molar-refractivity contribution < 1.29 is 4.79 Å². The van der Waals surface area contributed by atoms with E-state index in [4.69, 9.17) is 11.6 Å². The van der Waals surface area contributed by atoms with Gasteiger partial charge in [0.1, 0.15) is 0 Å². The van der Waals surface area contributed by atoms with E-state index in [1.807, 2.05) is 0 Å². The standard InChI is InChI=1S/C9H13ClO/c1-9(8(10)11)6-2-3-7(9)5-4-6/h6-7H,2-5H2,1H3. The van der Waals surface area contributed by atoms with Crippen molar-refractivity contribution in [1.82, 2.24) is 0 Å². The number of halogens is 1. The van der Waals surface area contributed by atoms with E-state index in [-0.39, 0.29) is 10.7 Å². The lowest BCUT2D eigenvalue weighted by Gasteiger charge is -2.24. The Labute approximate surface area is 72.1 Å². The number of rotatable bonds is 1. The van der Waals surface area contributed by atoms with E-state index < -0.39 is 0 Å². The highest BCUT2D eigenvalue weighted by Crippen LogP contribution is 2.58. The van der Waals surface area contributed by atoms with Crippen LogP contribution in [-0.4, -0.2) is 5.24 Å². The zero-order chi connectivity index (χ0) is 8.06. The van der Waals surface area contributed by atoms with Crippen molar-refractivity contribution in [2.75, 3.05) is 0 Å². The molecule has 2 saturated carbocycles. The Balaban J connectivity index is 2.32. The van der Waals surface area contributed by atoms with Crippen molar-refractivity contribution >= 4 is 16.8 Å². The van der Waals surface area contributed by atoms with Gasteiger partial charge in [0.2, 0.25) is 5.24 Å². The molecule has 11 heavy (non-hydrogen) atoms. The van der Waals surface area contributed by atoms with Crippen LogP contribution >= 0.6 is 11.6 Å². The molecule has 0 radical (unpaired) electrons. The Morgan fingerprint density at radius 3 is 1.82 bits per heavy atom. The van der Waals surface area contributed by atoms with Crippen LogP contribution < -0.4 is 0 Å². The third kappa shape index (κ3) is 0.807. The molecule has 0 spiro atoms. The van der Waals surface area contributed by atoms with Crippen LogP contribution in [0.25, 0.3) is 0 Å². The minimum atomic E-state index is -0.151. The molecule has 2 fully saturated rings. The number of carbonyl (C=O) groups is 1. The Morgan fingerprint density at radius 1 is 1.27 bits per heavy atom. The maximum absolute atomic E-state index is 11.2. The highest BCUT2D eigenvalue weighted by molar-refractivity contribution is 6.64. The first-order chi connectivity index (χ1) is 5.15. The van der Waals surface area contributed by atoms with Crippen molar-refractivity contribution in [1.29, 1.82) is 0 Å². The molecular weight excluding hydrogens is 160 g/mol. The average Bonchev–Trinajstić information content (AvgIpc) is 2.46. The Kier molecular flexibility index (Phi) is 1.54.